The van der Waals surface area contributed by atoms with E-state index < -0.39 is 0 Å². The Bertz CT molecular complexity index is 2170. The first-order valence-corrected chi connectivity index (χ1v) is 16.1. The summed E-state index contributed by atoms with van der Waals surface area (Å²) in [6, 6.07) is 53.4. The van der Waals surface area contributed by atoms with E-state index in [-0.39, 0.29) is 17.7 Å². The molecule has 0 saturated heterocycles. The zero-order valence-electron chi connectivity index (χ0n) is 26.4. The van der Waals surface area contributed by atoms with Crippen molar-refractivity contribution in [2.24, 2.45) is 4.99 Å². The Morgan fingerprint density at radius 2 is 1.21 bits per heavy atom. The van der Waals surface area contributed by atoms with E-state index in [0.717, 1.165) is 33.7 Å². The fraction of sp³-hybridized carbons (Fsp3) is 0.116. The third-order valence-corrected chi connectivity index (χ3v) is 9.63. The van der Waals surface area contributed by atoms with Crippen LogP contribution in [-0.2, 0) is 5.41 Å². The summed E-state index contributed by atoms with van der Waals surface area (Å²) in [4.78, 5) is 5.20. The van der Waals surface area contributed by atoms with Crippen molar-refractivity contribution >= 4 is 5.84 Å². The molecule has 0 aromatic heterocycles. The standard InChI is InChI=1S/C43H34N4/c1-43(2)38-25-28(27-44)17-23-35(38)36-24-22-33(26-39(36)43)29-18-20-30(21-19-29)34-15-9-10-16-37(34)42-46-40(31-11-5-3-6-12-31)45-41(47-42)32-13-7-4-8-14-32/h3-26,40,42,46H,1-2H3,(H,45,47). The number of nitriles is 1. The van der Waals surface area contributed by atoms with Gasteiger partial charge in [-0.1, -0.05) is 141 Å². The Hall–Kier alpha value is -5.76. The molecule has 2 N–H and O–H groups in total. The quantitative estimate of drug-likeness (QED) is 0.205. The van der Waals surface area contributed by atoms with Crippen molar-refractivity contribution < 1.29 is 0 Å². The molecule has 8 rings (SSSR count). The van der Waals surface area contributed by atoms with E-state index in [1.54, 1.807) is 0 Å². The van der Waals surface area contributed by atoms with Crippen molar-refractivity contribution in [2.75, 3.05) is 0 Å². The molecule has 0 fully saturated rings. The number of nitrogens with zero attached hydrogens (tertiary/aromatic N) is 2. The number of aliphatic imine (C=N–C) groups is 1. The maximum absolute atomic E-state index is 9.50. The van der Waals surface area contributed by atoms with Crippen LogP contribution in [0.4, 0.5) is 0 Å². The van der Waals surface area contributed by atoms with Crippen molar-refractivity contribution in [1.82, 2.24) is 10.6 Å². The van der Waals surface area contributed by atoms with Crippen LogP contribution >= 0.6 is 0 Å². The number of hydrogen-bond donors (Lipinski definition) is 2. The molecule has 6 aromatic carbocycles. The Kier molecular flexibility index (Phi) is 7.05. The molecule has 47 heavy (non-hydrogen) atoms. The number of nitrogens with one attached hydrogen (secondary N) is 2. The molecule has 0 bridgehead atoms. The molecule has 0 spiro atoms. The van der Waals surface area contributed by atoms with Crippen molar-refractivity contribution in [3.8, 4) is 39.4 Å². The molecule has 2 atom stereocenters. The van der Waals surface area contributed by atoms with Gasteiger partial charge in [0, 0.05) is 11.0 Å². The van der Waals surface area contributed by atoms with Gasteiger partial charge < -0.3 is 5.32 Å². The Balaban J connectivity index is 1.13. The molecule has 1 aliphatic heterocycles. The SMILES string of the molecule is CC1(C)c2cc(C#N)ccc2-c2ccc(-c3ccc(-c4ccccc4C4N=C(c5ccccc5)NC(c5ccccc5)N4)cc3)cc21. The minimum Gasteiger partial charge on any atom is -0.350 e. The smallest absolute Gasteiger partial charge is 0.131 e. The Labute approximate surface area is 276 Å². The minimum absolute atomic E-state index is 0.0916. The summed E-state index contributed by atoms with van der Waals surface area (Å²) in [6.45, 7) is 4.51. The van der Waals surface area contributed by atoms with Crippen LogP contribution in [0.15, 0.2) is 151 Å². The van der Waals surface area contributed by atoms with E-state index in [2.05, 4.69) is 152 Å². The van der Waals surface area contributed by atoms with Gasteiger partial charge in [-0.05, 0) is 73.8 Å². The first-order chi connectivity index (χ1) is 23.0. The lowest BCUT2D eigenvalue weighted by atomic mass is 9.81. The van der Waals surface area contributed by atoms with E-state index in [1.807, 2.05) is 24.3 Å². The lowest BCUT2D eigenvalue weighted by Crippen LogP contribution is -2.45. The van der Waals surface area contributed by atoms with Gasteiger partial charge in [0.2, 0.25) is 0 Å². The van der Waals surface area contributed by atoms with Gasteiger partial charge in [-0.3, -0.25) is 5.32 Å². The van der Waals surface area contributed by atoms with Gasteiger partial charge >= 0.3 is 0 Å². The number of hydrogen-bond acceptors (Lipinski definition) is 4. The lowest BCUT2D eigenvalue weighted by molar-refractivity contribution is 0.409. The number of amidine groups is 1. The fourth-order valence-electron chi connectivity index (χ4n) is 7.11. The number of benzene rings is 6. The molecule has 2 unspecified atom stereocenters. The first kappa shape index (κ1) is 28.7. The molecule has 2 aliphatic rings. The predicted octanol–water partition coefficient (Wildman–Crippen LogP) is 9.54. The van der Waals surface area contributed by atoms with E-state index in [0.29, 0.717) is 5.56 Å². The van der Waals surface area contributed by atoms with Crippen molar-refractivity contribution in [1.29, 1.82) is 5.26 Å². The Morgan fingerprint density at radius 1 is 0.596 bits per heavy atom. The second-order valence-corrected chi connectivity index (χ2v) is 12.8. The van der Waals surface area contributed by atoms with Crippen molar-refractivity contribution in [3.63, 3.8) is 0 Å². The zero-order valence-corrected chi connectivity index (χ0v) is 26.4. The van der Waals surface area contributed by atoms with Crippen LogP contribution in [-0.4, -0.2) is 5.84 Å². The van der Waals surface area contributed by atoms with Crippen molar-refractivity contribution in [3.05, 3.63) is 179 Å². The van der Waals surface area contributed by atoms with Gasteiger partial charge in [0.15, 0.2) is 0 Å². The van der Waals surface area contributed by atoms with Gasteiger partial charge in [0.05, 0.1) is 11.6 Å². The zero-order chi connectivity index (χ0) is 32.0. The molecule has 1 heterocycles. The summed E-state index contributed by atoms with van der Waals surface area (Å²) < 4.78 is 0. The highest BCUT2D eigenvalue weighted by Gasteiger charge is 2.36. The maximum Gasteiger partial charge on any atom is 0.131 e. The summed E-state index contributed by atoms with van der Waals surface area (Å²) in [6.07, 6.45) is -0.333. The molecule has 226 valence electrons. The van der Waals surface area contributed by atoms with E-state index >= 15 is 0 Å². The summed E-state index contributed by atoms with van der Waals surface area (Å²) in [5.74, 6) is 0.874. The number of fused-ring (bicyclic) bond motifs is 3. The monoisotopic (exact) mass is 606 g/mol. The van der Waals surface area contributed by atoms with E-state index in [9.17, 15) is 5.26 Å². The topological polar surface area (TPSA) is 60.2 Å². The molecule has 4 nitrogen and oxygen atoms in total. The summed E-state index contributed by atoms with van der Waals surface area (Å²) in [5, 5.41) is 16.9. The lowest BCUT2D eigenvalue weighted by Gasteiger charge is -2.33. The van der Waals surface area contributed by atoms with Gasteiger partial charge in [0.25, 0.3) is 0 Å². The molecule has 0 amide bonds. The molecule has 1 aliphatic carbocycles. The van der Waals surface area contributed by atoms with Crippen molar-refractivity contribution in [2.45, 2.75) is 31.6 Å². The average Bonchev–Trinajstić information content (AvgIpc) is 3.37. The van der Waals surface area contributed by atoms with Crippen LogP contribution in [0.5, 0.6) is 0 Å². The van der Waals surface area contributed by atoms with Gasteiger partial charge in [-0.15, -0.1) is 0 Å². The third kappa shape index (κ3) is 5.12. The van der Waals surface area contributed by atoms with Crippen LogP contribution in [0, 0.1) is 11.3 Å². The summed E-state index contributed by atoms with van der Waals surface area (Å²) in [7, 11) is 0. The predicted molar refractivity (Wildman–Crippen MR) is 191 cm³/mol. The molecule has 4 heteroatoms. The average molecular weight is 607 g/mol. The third-order valence-electron chi connectivity index (χ3n) is 9.63. The summed E-state index contributed by atoms with van der Waals surface area (Å²) in [5.41, 5.74) is 13.5. The fourth-order valence-corrected chi connectivity index (χ4v) is 7.11. The van der Waals surface area contributed by atoms with E-state index in [4.69, 9.17) is 4.99 Å². The second kappa shape index (κ2) is 11.6. The minimum atomic E-state index is -0.241. The molecular weight excluding hydrogens is 573 g/mol. The normalized spacial score (nSPS) is 17.5. The van der Waals surface area contributed by atoms with Crippen LogP contribution < -0.4 is 10.6 Å². The molecule has 0 saturated carbocycles. The maximum atomic E-state index is 9.50. The van der Waals surface area contributed by atoms with Gasteiger partial charge in [-0.25, -0.2) is 4.99 Å². The largest absolute Gasteiger partial charge is 0.350 e. The molecule has 6 aromatic rings. The van der Waals surface area contributed by atoms with Gasteiger partial charge in [0.1, 0.15) is 18.2 Å². The summed E-state index contributed by atoms with van der Waals surface area (Å²) >= 11 is 0. The highest BCUT2D eigenvalue weighted by molar-refractivity contribution is 5.99. The first-order valence-electron chi connectivity index (χ1n) is 16.1. The highest BCUT2D eigenvalue weighted by atomic mass is 15.3. The van der Waals surface area contributed by atoms with Crippen LogP contribution in [0.3, 0.4) is 0 Å². The van der Waals surface area contributed by atoms with Crippen LogP contribution in [0.25, 0.3) is 33.4 Å². The van der Waals surface area contributed by atoms with Gasteiger partial charge in [-0.2, -0.15) is 5.26 Å². The van der Waals surface area contributed by atoms with Crippen LogP contribution in [0.1, 0.15) is 59.6 Å². The molecular formula is C43H34N4. The second-order valence-electron chi connectivity index (χ2n) is 12.8. The number of rotatable bonds is 5. The van der Waals surface area contributed by atoms with E-state index in [1.165, 1.54) is 33.4 Å². The van der Waals surface area contributed by atoms with Crippen LogP contribution in [0.2, 0.25) is 0 Å². The molecule has 0 radical (unpaired) electrons. The highest BCUT2D eigenvalue weighted by Crippen LogP contribution is 2.50. The Morgan fingerprint density at radius 3 is 1.96 bits per heavy atom.